The van der Waals surface area contributed by atoms with E-state index in [4.69, 9.17) is 4.74 Å². The van der Waals surface area contributed by atoms with Gasteiger partial charge in [-0.25, -0.2) is 0 Å². The smallest absolute Gasteiger partial charge is 0.0697 e. The van der Waals surface area contributed by atoms with Crippen molar-refractivity contribution < 1.29 is 4.74 Å². The van der Waals surface area contributed by atoms with E-state index in [0.717, 1.165) is 19.6 Å². The summed E-state index contributed by atoms with van der Waals surface area (Å²) < 4.78 is 8.09. The van der Waals surface area contributed by atoms with Gasteiger partial charge in [0, 0.05) is 32.4 Å². The zero-order chi connectivity index (χ0) is 13.1. The van der Waals surface area contributed by atoms with Gasteiger partial charge in [-0.05, 0) is 31.7 Å². The Kier molecular flexibility index (Phi) is 3.89. The Labute approximate surface area is 115 Å². The Morgan fingerprint density at radius 3 is 3.00 bits per heavy atom. The third-order valence-corrected chi connectivity index (χ3v) is 4.75. The SMILES string of the molecule is Cn1nccc1CNC1CCOC2(CCCCC2)C1. The molecule has 1 aliphatic heterocycles. The van der Waals surface area contributed by atoms with E-state index in [2.05, 4.69) is 16.5 Å². The number of aryl methyl sites for hydroxylation is 1. The fourth-order valence-corrected chi connectivity index (χ4v) is 3.57. The van der Waals surface area contributed by atoms with E-state index in [1.807, 2.05) is 17.9 Å². The summed E-state index contributed by atoms with van der Waals surface area (Å²) in [6.07, 6.45) is 10.8. The Morgan fingerprint density at radius 1 is 1.42 bits per heavy atom. The van der Waals surface area contributed by atoms with Crippen molar-refractivity contribution in [2.75, 3.05) is 6.61 Å². The Hall–Kier alpha value is -0.870. The average molecular weight is 263 g/mol. The fourth-order valence-electron chi connectivity index (χ4n) is 3.57. The van der Waals surface area contributed by atoms with Crippen LogP contribution in [0.3, 0.4) is 0 Å². The molecule has 2 fully saturated rings. The lowest BCUT2D eigenvalue weighted by Gasteiger charge is -2.43. The number of hydrogen-bond acceptors (Lipinski definition) is 3. The normalized spacial score (nSPS) is 26.7. The van der Waals surface area contributed by atoms with Crippen molar-refractivity contribution in [3.8, 4) is 0 Å². The Morgan fingerprint density at radius 2 is 2.26 bits per heavy atom. The topological polar surface area (TPSA) is 39.1 Å². The average Bonchev–Trinajstić information content (AvgIpc) is 2.83. The van der Waals surface area contributed by atoms with Gasteiger partial charge in [0.05, 0.1) is 11.3 Å². The first-order valence-electron chi connectivity index (χ1n) is 7.62. The predicted octanol–water partition coefficient (Wildman–Crippen LogP) is 2.39. The summed E-state index contributed by atoms with van der Waals surface area (Å²) in [4.78, 5) is 0. The van der Waals surface area contributed by atoms with Gasteiger partial charge in [0.15, 0.2) is 0 Å². The van der Waals surface area contributed by atoms with E-state index in [1.54, 1.807) is 0 Å². The molecule has 1 saturated heterocycles. The molecule has 2 aliphatic rings. The first-order valence-corrected chi connectivity index (χ1v) is 7.62. The minimum Gasteiger partial charge on any atom is -0.375 e. The highest BCUT2D eigenvalue weighted by Gasteiger charge is 2.38. The van der Waals surface area contributed by atoms with Crippen LogP contribution >= 0.6 is 0 Å². The van der Waals surface area contributed by atoms with Crippen molar-refractivity contribution in [3.63, 3.8) is 0 Å². The number of hydrogen-bond donors (Lipinski definition) is 1. The molecule has 0 aromatic carbocycles. The standard InChI is InChI=1S/C15H25N3O/c1-18-14(5-9-17-18)12-16-13-6-10-19-15(11-13)7-3-2-4-8-15/h5,9,13,16H,2-4,6-8,10-12H2,1H3. The Balaban J connectivity index is 1.55. The van der Waals surface area contributed by atoms with Crippen molar-refractivity contribution in [3.05, 3.63) is 18.0 Å². The summed E-state index contributed by atoms with van der Waals surface area (Å²) in [7, 11) is 2.00. The van der Waals surface area contributed by atoms with Crippen LogP contribution in [0.5, 0.6) is 0 Å². The summed E-state index contributed by atoms with van der Waals surface area (Å²) in [5.74, 6) is 0. The first-order chi connectivity index (χ1) is 9.27. The van der Waals surface area contributed by atoms with E-state index in [0.29, 0.717) is 6.04 Å². The highest BCUT2D eigenvalue weighted by molar-refractivity contribution is 5.00. The first kappa shape index (κ1) is 13.1. The molecule has 4 nitrogen and oxygen atoms in total. The van der Waals surface area contributed by atoms with Gasteiger partial charge in [-0.1, -0.05) is 19.3 Å². The molecule has 1 spiro atoms. The second kappa shape index (κ2) is 5.63. The maximum Gasteiger partial charge on any atom is 0.0697 e. The quantitative estimate of drug-likeness (QED) is 0.910. The molecule has 4 heteroatoms. The monoisotopic (exact) mass is 263 g/mol. The highest BCUT2D eigenvalue weighted by Crippen LogP contribution is 2.38. The van der Waals surface area contributed by atoms with Crippen molar-refractivity contribution >= 4 is 0 Å². The van der Waals surface area contributed by atoms with E-state index in [9.17, 15) is 0 Å². The summed E-state index contributed by atoms with van der Waals surface area (Å²) in [6, 6.07) is 2.68. The molecule has 3 rings (SSSR count). The molecule has 1 aliphatic carbocycles. The molecular weight excluding hydrogens is 238 g/mol. The van der Waals surface area contributed by atoms with Crippen LogP contribution in [0.4, 0.5) is 0 Å². The van der Waals surface area contributed by atoms with Gasteiger partial charge in [-0.2, -0.15) is 5.10 Å². The summed E-state index contributed by atoms with van der Waals surface area (Å²) in [5, 5.41) is 7.91. The number of nitrogens with zero attached hydrogens (tertiary/aromatic N) is 2. The number of ether oxygens (including phenoxy) is 1. The molecule has 1 aromatic rings. The molecule has 1 atom stereocenters. The molecule has 1 N–H and O–H groups in total. The molecule has 0 amide bonds. The number of aromatic nitrogens is 2. The Bertz CT molecular complexity index is 404. The van der Waals surface area contributed by atoms with E-state index in [-0.39, 0.29) is 5.60 Å². The third kappa shape index (κ3) is 3.00. The summed E-state index contributed by atoms with van der Waals surface area (Å²) in [6.45, 7) is 1.83. The minimum atomic E-state index is 0.195. The molecule has 1 aromatic heterocycles. The van der Waals surface area contributed by atoms with Gasteiger partial charge >= 0.3 is 0 Å². The van der Waals surface area contributed by atoms with Crippen molar-refractivity contribution in [2.24, 2.45) is 7.05 Å². The van der Waals surface area contributed by atoms with Crippen LogP contribution in [0, 0.1) is 0 Å². The van der Waals surface area contributed by atoms with Gasteiger partial charge in [-0.3, -0.25) is 4.68 Å². The van der Waals surface area contributed by atoms with Crippen LogP contribution < -0.4 is 5.32 Å². The second-order valence-electron chi connectivity index (χ2n) is 6.11. The predicted molar refractivity (Wildman–Crippen MR) is 74.8 cm³/mol. The highest BCUT2D eigenvalue weighted by atomic mass is 16.5. The van der Waals surface area contributed by atoms with Gasteiger partial charge in [0.1, 0.15) is 0 Å². The van der Waals surface area contributed by atoms with Crippen LogP contribution in [-0.2, 0) is 18.3 Å². The summed E-state index contributed by atoms with van der Waals surface area (Å²) in [5.41, 5.74) is 1.45. The molecule has 19 heavy (non-hydrogen) atoms. The third-order valence-electron chi connectivity index (χ3n) is 4.75. The lowest BCUT2D eigenvalue weighted by atomic mass is 9.78. The van der Waals surface area contributed by atoms with Crippen LogP contribution in [-0.4, -0.2) is 28.0 Å². The molecule has 1 saturated carbocycles. The zero-order valence-corrected chi connectivity index (χ0v) is 11.9. The molecule has 2 heterocycles. The number of nitrogens with one attached hydrogen (secondary N) is 1. The van der Waals surface area contributed by atoms with Crippen LogP contribution in [0.15, 0.2) is 12.3 Å². The van der Waals surface area contributed by atoms with Gasteiger partial charge in [0.25, 0.3) is 0 Å². The van der Waals surface area contributed by atoms with Gasteiger partial charge in [-0.15, -0.1) is 0 Å². The number of rotatable bonds is 3. The molecule has 1 unspecified atom stereocenters. The van der Waals surface area contributed by atoms with Crippen molar-refractivity contribution in [2.45, 2.75) is 63.1 Å². The lowest BCUT2D eigenvalue weighted by molar-refractivity contribution is -0.109. The van der Waals surface area contributed by atoms with Crippen molar-refractivity contribution in [1.82, 2.24) is 15.1 Å². The molecule has 0 radical (unpaired) electrons. The largest absolute Gasteiger partial charge is 0.375 e. The van der Waals surface area contributed by atoms with Crippen molar-refractivity contribution in [1.29, 1.82) is 0 Å². The van der Waals surface area contributed by atoms with Crippen LogP contribution in [0.1, 0.15) is 50.6 Å². The van der Waals surface area contributed by atoms with E-state index in [1.165, 1.54) is 44.2 Å². The van der Waals surface area contributed by atoms with E-state index < -0.39 is 0 Å². The summed E-state index contributed by atoms with van der Waals surface area (Å²) >= 11 is 0. The van der Waals surface area contributed by atoms with Crippen LogP contribution in [0.2, 0.25) is 0 Å². The lowest BCUT2D eigenvalue weighted by Crippen LogP contribution is -2.47. The van der Waals surface area contributed by atoms with E-state index >= 15 is 0 Å². The van der Waals surface area contributed by atoms with Gasteiger partial charge < -0.3 is 10.1 Å². The minimum absolute atomic E-state index is 0.195. The molecule has 106 valence electrons. The maximum atomic E-state index is 6.14. The molecular formula is C15H25N3O. The molecule has 0 bridgehead atoms. The fraction of sp³-hybridized carbons (Fsp3) is 0.800. The van der Waals surface area contributed by atoms with Gasteiger partial charge in [0.2, 0.25) is 0 Å². The maximum absolute atomic E-state index is 6.14. The second-order valence-corrected chi connectivity index (χ2v) is 6.11. The van der Waals surface area contributed by atoms with Crippen LogP contribution in [0.25, 0.3) is 0 Å². The zero-order valence-electron chi connectivity index (χ0n) is 11.9.